The van der Waals surface area contributed by atoms with Crippen LogP contribution in [0.25, 0.3) is 120 Å². The van der Waals surface area contributed by atoms with E-state index in [0.717, 1.165) is 6.42 Å². The summed E-state index contributed by atoms with van der Waals surface area (Å²) in [5, 5.41) is 15.6. The predicted octanol–water partition coefficient (Wildman–Crippen LogP) is 13.2. The van der Waals surface area contributed by atoms with Crippen molar-refractivity contribution in [3.8, 4) is 55.6 Å². The average molecular weight is 1030 g/mol. The minimum Gasteiger partial charge on any atom is -1.00 e. The number of hydrogen-bond acceptors (Lipinski definition) is 0. The Morgan fingerprint density at radius 2 is 0.592 bits per heavy atom. The molecule has 0 amide bonds. The van der Waals surface area contributed by atoms with Gasteiger partial charge in [0.25, 0.3) is 0 Å². The van der Waals surface area contributed by atoms with Gasteiger partial charge in [0.15, 0.2) is 0 Å². The van der Waals surface area contributed by atoms with Gasteiger partial charge < -0.3 is 24.8 Å². The number of hydrogen-bond donors (Lipinski definition) is 0. The molecule has 14 rings (SSSR count). The van der Waals surface area contributed by atoms with Gasteiger partial charge in [0.05, 0.1) is 0 Å². The van der Waals surface area contributed by atoms with Crippen LogP contribution >= 0.6 is 0 Å². The maximum Gasteiger partial charge on any atom is 3.00 e. The van der Waals surface area contributed by atoms with E-state index < -0.39 is 0 Å². The number of rotatable bonds is 5. The van der Waals surface area contributed by atoms with E-state index in [1.54, 1.807) is 0 Å². The van der Waals surface area contributed by atoms with Crippen LogP contribution in [0.5, 0.6) is 0 Å². The van der Waals surface area contributed by atoms with E-state index in [1.807, 2.05) is 0 Å². The van der Waals surface area contributed by atoms with Gasteiger partial charge in [-0.1, -0.05) is 236 Å². The van der Waals surface area contributed by atoms with Gasteiger partial charge in [0.1, 0.15) is 0 Å². The Hall–Kier alpha value is -6.99. The predicted molar refractivity (Wildman–Crippen MR) is 293 cm³/mol. The Balaban J connectivity index is 0.000000157. The minimum atomic E-state index is 0. The zero-order valence-corrected chi connectivity index (χ0v) is 43.2. The standard InChI is InChI=1S/C35H26.C33H21.2ClH.Zr/c1-2-27-34-21-25(30-15-7-11-23-9-3-5-13-28(23)30)17-19-32(34)33-20-18-26(22-35(27)33)31-16-8-12-24-10-4-6-14-29(24)31;1-3-11-28-22(7-1)9-5-13-30(28)24-15-17-32-26(19-24)21-27-20-25(16-18-33(27)32)31-14-6-10-23-8-2-4-12-29(23)31;;;/h3-22,27H,2H2,1H3;1-21H;2*1H;/q;-1;;;+3/p-2. The summed E-state index contributed by atoms with van der Waals surface area (Å²) in [5.74, 6) is 0.421. The second-order valence-corrected chi connectivity index (χ2v) is 18.4. The first-order chi connectivity index (χ1) is 33.7. The summed E-state index contributed by atoms with van der Waals surface area (Å²) in [6.45, 7) is 2.32. The normalized spacial score (nSPS) is 11.7. The maximum absolute atomic E-state index is 2.45. The van der Waals surface area contributed by atoms with Crippen molar-refractivity contribution in [2.24, 2.45) is 0 Å². The monoisotopic (exact) mass is 1020 g/mol. The first kappa shape index (κ1) is 47.7. The van der Waals surface area contributed by atoms with Crippen molar-refractivity contribution in [1.29, 1.82) is 0 Å². The molecule has 0 saturated heterocycles. The summed E-state index contributed by atoms with van der Waals surface area (Å²) < 4.78 is 0. The second-order valence-electron chi connectivity index (χ2n) is 18.4. The van der Waals surface area contributed by atoms with Gasteiger partial charge in [-0.05, 0) is 117 Å². The largest absolute Gasteiger partial charge is 3.00 e. The van der Waals surface area contributed by atoms with Gasteiger partial charge in [-0.25, -0.2) is 0 Å². The van der Waals surface area contributed by atoms with Crippen LogP contribution in [0, 0.1) is 0 Å². The summed E-state index contributed by atoms with van der Waals surface area (Å²) in [7, 11) is 0. The second kappa shape index (κ2) is 20.0. The molecule has 0 bridgehead atoms. The summed E-state index contributed by atoms with van der Waals surface area (Å²) in [5.41, 5.74) is 16.1. The van der Waals surface area contributed by atoms with Crippen LogP contribution in [0.1, 0.15) is 30.4 Å². The molecule has 3 heteroatoms. The molecular formula is C68H47Cl2Zr. The first-order valence-electron chi connectivity index (χ1n) is 24.0. The molecule has 0 aliphatic heterocycles. The molecule has 0 N–H and O–H groups in total. The summed E-state index contributed by atoms with van der Waals surface area (Å²) >= 11 is 0. The van der Waals surface area contributed by atoms with Crippen molar-refractivity contribution >= 4 is 64.6 Å². The third kappa shape index (κ3) is 8.41. The van der Waals surface area contributed by atoms with Crippen LogP contribution < -0.4 is 24.8 Å². The molecule has 71 heavy (non-hydrogen) atoms. The Morgan fingerprint density at radius 3 is 0.930 bits per heavy atom. The molecule has 1 aliphatic rings. The van der Waals surface area contributed by atoms with E-state index in [2.05, 4.69) is 256 Å². The van der Waals surface area contributed by atoms with E-state index in [-0.39, 0.29) is 51.0 Å². The van der Waals surface area contributed by atoms with Crippen LogP contribution in [0.3, 0.4) is 0 Å². The summed E-state index contributed by atoms with van der Waals surface area (Å²) in [4.78, 5) is 0. The third-order valence-electron chi connectivity index (χ3n) is 14.7. The summed E-state index contributed by atoms with van der Waals surface area (Å²) in [6.07, 6.45) is 1.10. The van der Waals surface area contributed by atoms with Gasteiger partial charge in [-0.15, -0.1) is 39.7 Å². The van der Waals surface area contributed by atoms with Crippen LogP contribution in [0.15, 0.2) is 249 Å². The molecule has 337 valence electrons. The van der Waals surface area contributed by atoms with Crippen LogP contribution in [-0.4, -0.2) is 0 Å². The van der Waals surface area contributed by atoms with Gasteiger partial charge >= 0.3 is 26.2 Å². The molecule has 13 aromatic carbocycles. The Kier molecular flexibility index (Phi) is 13.4. The molecule has 1 radical (unpaired) electrons. The van der Waals surface area contributed by atoms with Crippen LogP contribution in [-0.2, 0) is 26.2 Å². The number of halogens is 2. The van der Waals surface area contributed by atoms with Crippen molar-refractivity contribution < 1.29 is 51.0 Å². The first-order valence-corrected chi connectivity index (χ1v) is 24.0. The molecule has 0 nitrogen and oxygen atoms in total. The minimum absolute atomic E-state index is 0. The van der Waals surface area contributed by atoms with Crippen molar-refractivity contribution in [3.05, 3.63) is 260 Å². The fourth-order valence-corrected chi connectivity index (χ4v) is 11.4. The van der Waals surface area contributed by atoms with E-state index in [0.29, 0.717) is 5.92 Å². The SMILES string of the molecule is CCC1c2cc(-c3cccc4ccccc34)ccc2-c2ccc(-c3cccc4ccccc34)cc21.[Cl-].[Cl-].[Zr+3].c1ccc2c(-c3ccc4c(c3)[cH-]c3cc(-c5cccc6ccccc56)ccc34)cccc2c1. The van der Waals surface area contributed by atoms with E-state index in [1.165, 1.54) is 131 Å². The van der Waals surface area contributed by atoms with Gasteiger partial charge in [-0.2, -0.15) is 0 Å². The van der Waals surface area contributed by atoms with Crippen molar-refractivity contribution in [3.63, 3.8) is 0 Å². The van der Waals surface area contributed by atoms with Crippen molar-refractivity contribution in [2.45, 2.75) is 19.3 Å². The molecule has 1 aliphatic carbocycles. The summed E-state index contributed by atoms with van der Waals surface area (Å²) in [6, 6.07) is 91.3. The number of benzene rings is 12. The zero-order valence-electron chi connectivity index (χ0n) is 39.2. The van der Waals surface area contributed by atoms with Gasteiger partial charge in [0, 0.05) is 5.92 Å². The van der Waals surface area contributed by atoms with Crippen LogP contribution in [0.2, 0.25) is 0 Å². The Bertz CT molecular complexity index is 3820. The fraction of sp³-hybridized carbons (Fsp3) is 0.0441. The third-order valence-corrected chi connectivity index (χ3v) is 14.7. The fourth-order valence-electron chi connectivity index (χ4n) is 11.4. The molecule has 0 heterocycles. The van der Waals surface area contributed by atoms with E-state index >= 15 is 0 Å². The number of fused-ring (bicyclic) bond motifs is 10. The quantitative estimate of drug-likeness (QED) is 0.151. The molecular weight excluding hydrogens is 979 g/mol. The van der Waals surface area contributed by atoms with E-state index in [4.69, 9.17) is 0 Å². The Labute approximate surface area is 447 Å². The molecule has 13 aromatic rings. The topological polar surface area (TPSA) is 0 Å². The zero-order chi connectivity index (χ0) is 45.1. The maximum atomic E-state index is 2.45. The van der Waals surface area contributed by atoms with Gasteiger partial charge in [-0.3, -0.25) is 0 Å². The van der Waals surface area contributed by atoms with Crippen molar-refractivity contribution in [1.82, 2.24) is 0 Å². The Morgan fingerprint density at radius 1 is 0.296 bits per heavy atom. The smallest absolute Gasteiger partial charge is 1.00 e. The molecule has 0 aromatic heterocycles. The van der Waals surface area contributed by atoms with E-state index in [9.17, 15) is 0 Å². The average Bonchev–Trinajstić information content (AvgIpc) is 3.94. The molecule has 0 atom stereocenters. The molecule has 0 fully saturated rings. The van der Waals surface area contributed by atoms with Crippen LogP contribution in [0.4, 0.5) is 0 Å². The molecule has 0 saturated carbocycles. The molecule has 0 spiro atoms. The molecule has 0 unspecified atom stereocenters. The van der Waals surface area contributed by atoms with Crippen molar-refractivity contribution in [2.75, 3.05) is 0 Å². The van der Waals surface area contributed by atoms with Gasteiger partial charge in [0.2, 0.25) is 0 Å².